The highest BCUT2D eigenvalue weighted by atomic mass is 32.2. The van der Waals surface area contributed by atoms with Crippen molar-refractivity contribution < 1.29 is 15.0 Å². The molecule has 0 atom stereocenters. The maximum absolute atomic E-state index is 10.4. The van der Waals surface area contributed by atoms with Gasteiger partial charge in [-0.1, -0.05) is 6.58 Å². The van der Waals surface area contributed by atoms with Crippen LogP contribution < -0.4 is 10.7 Å². The SMILES string of the molecule is C=c1nc2cc/c(=C(/O)CSCCC(=O)O)cc2[nH]1. The third-order valence-electron chi connectivity index (χ3n) is 2.56. The standard InChI is InChI=1S/C13H14N2O3S/c1-8-14-10-3-2-9(6-11(10)15-8)12(16)7-19-5-4-13(17)18/h2-3,6,15-16H,1,4-5,7H2,(H,17,18)/b12-9-. The van der Waals surface area contributed by atoms with E-state index >= 15 is 0 Å². The highest BCUT2D eigenvalue weighted by Crippen LogP contribution is 2.08. The van der Waals surface area contributed by atoms with Crippen LogP contribution in [0.2, 0.25) is 0 Å². The number of carboxylic acids is 1. The lowest BCUT2D eigenvalue weighted by Crippen LogP contribution is -2.07. The smallest absolute Gasteiger partial charge is 0.304 e. The van der Waals surface area contributed by atoms with E-state index in [4.69, 9.17) is 5.11 Å². The van der Waals surface area contributed by atoms with Crippen molar-refractivity contribution in [2.75, 3.05) is 11.5 Å². The molecule has 0 fully saturated rings. The van der Waals surface area contributed by atoms with Crippen LogP contribution in [-0.4, -0.2) is 37.7 Å². The van der Waals surface area contributed by atoms with Gasteiger partial charge >= 0.3 is 5.97 Å². The number of aromatic nitrogens is 2. The van der Waals surface area contributed by atoms with Gasteiger partial charge in [0.15, 0.2) is 0 Å². The number of hydrogen-bond donors (Lipinski definition) is 3. The zero-order chi connectivity index (χ0) is 13.8. The molecule has 6 heteroatoms. The van der Waals surface area contributed by atoms with Crippen LogP contribution in [0, 0.1) is 0 Å². The predicted molar refractivity (Wildman–Crippen MR) is 76.5 cm³/mol. The lowest BCUT2D eigenvalue weighted by atomic mass is 10.2. The minimum atomic E-state index is -0.825. The van der Waals surface area contributed by atoms with Gasteiger partial charge in [-0.2, -0.15) is 11.8 Å². The Morgan fingerprint density at radius 3 is 2.95 bits per heavy atom. The van der Waals surface area contributed by atoms with Crippen LogP contribution in [0.15, 0.2) is 18.2 Å². The number of rotatable bonds is 5. The molecule has 19 heavy (non-hydrogen) atoms. The van der Waals surface area contributed by atoms with E-state index in [2.05, 4.69) is 16.5 Å². The lowest BCUT2D eigenvalue weighted by Gasteiger charge is -1.99. The van der Waals surface area contributed by atoms with Crippen molar-refractivity contribution in [2.45, 2.75) is 6.42 Å². The molecule has 0 radical (unpaired) electrons. The molecule has 1 aromatic carbocycles. The highest BCUT2D eigenvalue weighted by Gasteiger charge is 2.01. The first-order valence-electron chi connectivity index (χ1n) is 5.72. The van der Waals surface area contributed by atoms with Gasteiger partial charge in [0.25, 0.3) is 0 Å². The van der Waals surface area contributed by atoms with Gasteiger partial charge in [-0.25, -0.2) is 4.98 Å². The van der Waals surface area contributed by atoms with E-state index in [0.717, 1.165) is 11.0 Å². The first kappa shape index (κ1) is 13.5. The normalized spacial score (nSPS) is 12.6. The Bertz CT molecular complexity index is 708. The first-order valence-corrected chi connectivity index (χ1v) is 6.88. The quantitative estimate of drug-likeness (QED) is 0.706. The molecule has 0 aliphatic rings. The van der Waals surface area contributed by atoms with Gasteiger partial charge in [-0.05, 0) is 18.2 Å². The van der Waals surface area contributed by atoms with Gasteiger partial charge in [0.2, 0.25) is 0 Å². The summed E-state index contributed by atoms with van der Waals surface area (Å²) in [6.07, 6.45) is 0.0996. The Morgan fingerprint density at radius 2 is 2.21 bits per heavy atom. The van der Waals surface area contributed by atoms with E-state index in [1.807, 2.05) is 12.1 Å². The molecule has 0 aliphatic carbocycles. The molecule has 100 valence electrons. The molecule has 0 bridgehead atoms. The van der Waals surface area contributed by atoms with E-state index in [0.29, 0.717) is 22.2 Å². The Morgan fingerprint density at radius 1 is 1.42 bits per heavy atom. The number of aliphatic carboxylic acids is 1. The van der Waals surface area contributed by atoms with Gasteiger partial charge in [-0.3, -0.25) is 4.79 Å². The number of aliphatic hydroxyl groups excluding tert-OH is 1. The van der Waals surface area contributed by atoms with E-state index in [1.54, 1.807) is 6.07 Å². The minimum absolute atomic E-state index is 0.0996. The summed E-state index contributed by atoms with van der Waals surface area (Å²) in [6, 6.07) is 5.41. The van der Waals surface area contributed by atoms with Crippen LogP contribution in [0.3, 0.4) is 0 Å². The second-order valence-electron chi connectivity index (χ2n) is 4.06. The molecular weight excluding hydrogens is 264 g/mol. The second kappa shape index (κ2) is 5.79. The van der Waals surface area contributed by atoms with Crippen LogP contribution >= 0.6 is 11.8 Å². The Kier molecular flexibility index (Phi) is 4.11. The van der Waals surface area contributed by atoms with Crippen molar-refractivity contribution in [1.82, 2.24) is 9.97 Å². The van der Waals surface area contributed by atoms with Crippen molar-refractivity contribution >= 4 is 41.1 Å². The first-order chi connectivity index (χ1) is 9.06. The van der Waals surface area contributed by atoms with Crippen molar-refractivity contribution in [3.05, 3.63) is 28.9 Å². The number of H-pyrrole nitrogens is 1. The summed E-state index contributed by atoms with van der Waals surface area (Å²) in [6.45, 7) is 3.71. The number of nitrogens with one attached hydrogen (secondary N) is 1. The minimum Gasteiger partial charge on any atom is -0.511 e. The number of benzene rings is 1. The molecule has 0 spiro atoms. The molecule has 0 unspecified atom stereocenters. The monoisotopic (exact) mass is 278 g/mol. The highest BCUT2D eigenvalue weighted by molar-refractivity contribution is 7.99. The summed E-state index contributed by atoms with van der Waals surface area (Å²) in [5.74, 6) is 0.283. The summed E-state index contributed by atoms with van der Waals surface area (Å²) in [5, 5.41) is 19.2. The summed E-state index contributed by atoms with van der Waals surface area (Å²) < 4.78 is 0. The number of aliphatic hydroxyl groups is 1. The van der Waals surface area contributed by atoms with Gasteiger partial charge in [0.1, 0.15) is 11.2 Å². The third kappa shape index (κ3) is 3.51. The fourth-order valence-electron chi connectivity index (χ4n) is 1.65. The number of aromatic amines is 1. The maximum atomic E-state index is 10.4. The number of nitrogens with zero attached hydrogens (tertiary/aromatic N) is 1. The summed E-state index contributed by atoms with van der Waals surface area (Å²) in [7, 11) is 0. The van der Waals surface area contributed by atoms with Crippen molar-refractivity contribution in [3.63, 3.8) is 0 Å². The third-order valence-corrected chi connectivity index (χ3v) is 3.53. The van der Waals surface area contributed by atoms with Crippen LogP contribution in [0.25, 0.3) is 23.4 Å². The Balaban J connectivity index is 2.13. The maximum Gasteiger partial charge on any atom is 0.304 e. The molecule has 1 aromatic heterocycles. The molecule has 2 aromatic rings. The number of thioether (sulfide) groups is 1. The zero-order valence-electron chi connectivity index (χ0n) is 10.2. The van der Waals surface area contributed by atoms with E-state index in [9.17, 15) is 9.90 Å². The molecule has 0 aliphatic heterocycles. The molecule has 3 N–H and O–H groups in total. The van der Waals surface area contributed by atoms with Gasteiger partial charge in [0, 0.05) is 11.0 Å². The number of imidazole rings is 1. The fourth-order valence-corrected chi connectivity index (χ4v) is 2.48. The lowest BCUT2D eigenvalue weighted by molar-refractivity contribution is -0.136. The molecule has 0 saturated heterocycles. The molecular formula is C13H14N2O3S. The Labute approximate surface area is 113 Å². The second-order valence-corrected chi connectivity index (χ2v) is 5.16. The fraction of sp³-hybridized carbons (Fsp3) is 0.231. The van der Waals surface area contributed by atoms with E-state index in [1.165, 1.54) is 11.8 Å². The number of hydrogen-bond acceptors (Lipinski definition) is 4. The molecule has 0 amide bonds. The van der Waals surface area contributed by atoms with Crippen LogP contribution in [0.5, 0.6) is 0 Å². The van der Waals surface area contributed by atoms with Crippen LogP contribution in [-0.2, 0) is 4.79 Å². The largest absolute Gasteiger partial charge is 0.511 e. The zero-order valence-corrected chi connectivity index (χ0v) is 11.0. The molecule has 0 saturated carbocycles. The topological polar surface area (TPSA) is 86.2 Å². The van der Waals surface area contributed by atoms with Crippen LogP contribution in [0.1, 0.15) is 6.42 Å². The predicted octanol–water partition coefficient (Wildman–Crippen LogP) is 0.847. The number of carboxylic acid groups (broad SMARTS) is 1. The molecule has 2 rings (SSSR count). The van der Waals surface area contributed by atoms with Crippen LogP contribution in [0.4, 0.5) is 0 Å². The van der Waals surface area contributed by atoms with Gasteiger partial charge < -0.3 is 15.2 Å². The molecule has 1 heterocycles. The van der Waals surface area contributed by atoms with Gasteiger partial charge in [0.05, 0.1) is 23.2 Å². The Hall–Kier alpha value is -1.95. The van der Waals surface area contributed by atoms with Crippen molar-refractivity contribution in [1.29, 1.82) is 0 Å². The average Bonchev–Trinajstić information content (AvgIpc) is 2.73. The van der Waals surface area contributed by atoms with Crippen molar-refractivity contribution in [2.24, 2.45) is 0 Å². The van der Waals surface area contributed by atoms with E-state index in [-0.39, 0.29) is 12.2 Å². The van der Waals surface area contributed by atoms with E-state index < -0.39 is 5.97 Å². The summed E-state index contributed by atoms with van der Waals surface area (Å²) in [5.41, 5.74) is 2.21. The number of carbonyl (C=O) groups is 1. The summed E-state index contributed by atoms with van der Waals surface area (Å²) in [4.78, 5) is 17.5. The van der Waals surface area contributed by atoms with Gasteiger partial charge in [-0.15, -0.1) is 0 Å². The van der Waals surface area contributed by atoms with Crippen molar-refractivity contribution in [3.8, 4) is 0 Å². The number of fused-ring (bicyclic) bond motifs is 1. The molecule has 5 nitrogen and oxygen atoms in total. The summed E-state index contributed by atoms with van der Waals surface area (Å²) >= 11 is 1.39. The average molecular weight is 278 g/mol.